The van der Waals surface area contributed by atoms with Crippen LogP contribution in [0.3, 0.4) is 0 Å². The molecular weight excluding hydrogens is 656 g/mol. The van der Waals surface area contributed by atoms with Crippen molar-refractivity contribution >= 4 is 58.2 Å². The number of aliphatic hydroxyl groups is 1. The van der Waals surface area contributed by atoms with Crippen LogP contribution >= 0.6 is 11.8 Å². The number of hydrogen-bond acceptors (Lipinski definition) is 10. The lowest BCUT2D eigenvalue weighted by Crippen LogP contribution is -2.60. The van der Waals surface area contributed by atoms with Crippen molar-refractivity contribution in [3.05, 3.63) is 54.1 Å². The average Bonchev–Trinajstić information content (AvgIpc) is 3.40. The lowest BCUT2D eigenvalue weighted by atomic mass is 10.0. The smallest absolute Gasteiger partial charge is 0.327 e. The van der Waals surface area contributed by atoms with Gasteiger partial charge in [0.2, 0.25) is 23.6 Å². The molecule has 1 aromatic carbocycles. The number of hydrogen-bond donors (Lipinski definition) is 8. The fourth-order valence-corrected chi connectivity index (χ4v) is 6.31. The molecule has 8 N–H and O–H groups in total. The summed E-state index contributed by atoms with van der Waals surface area (Å²) in [6.07, 6.45) is 2.64. The highest BCUT2D eigenvalue weighted by molar-refractivity contribution is 7.99. The van der Waals surface area contributed by atoms with Crippen molar-refractivity contribution in [3.8, 4) is 0 Å². The molecule has 0 saturated heterocycles. The zero-order chi connectivity index (χ0) is 35.8. The summed E-state index contributed by atoms with van der Waals surface area (Å²) < 4.78 is 0. The molecule has 0 saturated carbocycles. The molecule has 0 radical (unpaired) electrons. The minimum absolute atomic E-state index is 0.0462. The number of carbonyl (C=O) groups excluding carboxylic acids is 5. The molecule has 17 heteroatoms. The van der Waals surface area contributed by atoms with Crippen LogP contribution in [0.2, 0.25) is 0 Å². The number of para-hydroxylation sites is 1. The van der Waals surface area contributed by atoms with Crippen molar-refractivity contribution in [2.45, 2.75) is 81.9 Å². The molecule has 6 atom stereocenters. The molecule has 4 rings (SSSR count). The number of thioether (sulfide) groups is 1. The van der Waals surface area contributed by atoms with Crippen molar-refractivity contribution in [2.75, 3.05) is 5.75 Å². The van der Waals surface area contributed by atoms with Crippen LogP contribution in [0, 0.1) is 5.92 Å². The Morgan fingerprint density at radius 2 is 1.71 bits per heavy atom. The number of amides is 5. The molecule has 49 heavy (non-hydrogen) atoms. The lowest BCUT2D eigenvalue weighted by Gasteiger charge is -2.27. The largest absolute Gasteiger partial charge is 0.480 e. The second kappa shape index (κ2) is 16.4. The Bertz CT molecular complexity index is 1700. The van der Waals surface area contributed by atoms with Crippen molar-refractivity contribution in [3.63, 3.8) is 0 Å². The SMILES string of the molecule is CC(C)C[C@@H]1NC(=O)[C@@H](NC(=O)c2cnccn2)Cc2c([nH]c3ccccc23)SC[C@@H](C(=O)O)NC(=O)[C@H]([C@@H](C)O)NC(=O)[C@@H](C)NC1=O. The first kappa shape index (κ1) is 36.8. The Kier molecular flexibility index (Phi) is 12.3. The number of carboxylic acids is 1. The van der Waals surface area contributed by atoms with Gasteiger partial charge >= 0.3 is 5.97 Å². The average molecular weight is 697 g/mol. The summed E-state index contributed by atoms with van der Waals surface area (Å²) >= 11 is 1.06. The Labute approximate surface area is 286 Å². The maximum atomic E-state index is 14.0. The summed E-state index contributed by atoms with van der Waals surface area (Å²) in [6.45, 7) is 6.31. The van der Waals surface area contributed by atoms with Crippen LogP contribution in [0.4, 0.5) is 0 Å². The number of carboxylic acid groups (broad SMARTS) is 1. The number of fused-ring (bicyclic) bond motifs is 3. The number of aromatic amines is 1. The highest BCUT2D eigenvalue weighted by Gasteiger charge is 2.34. The number of aliphatic hydroxyl groups excluding tert-OH is 1. The van der Waals surface area contributed by atoms with Crippen molar-refractivity contribution in [2.24, 2.45) is 5.92 Å². The Hall–Kier alpha value is -5.03. The fraction of sp³-hybridized carbons (Fsp3) is 0.438. The Balaban J connectivity index is 1.80. The van der Waals surface area contributed by atoms with Crippen molar-refractivity contribution in [1.29, 1.82) is 0 Å². The van der Waals surface area contributed by atoms with E-state index >= 15 is 0 Å². The molecule has 0 spiro atoms. The molecule has 0 aliphatic carbocycles. The van der Waals surface area contributed by atoms with E-state index < -0.39 is 71.8 Å². The van der Waals surface area contributed by atoms with Gasteiger partial charge in [0, 0.05) is 35.5 Å². The summed E-state index contributed by atoms with van der Waals surface area (Å²) in [5, 5.41) is 34.2. The number of rotatable bonds is 6. The lowest BCUT2D eigenvalue weighted by molar-refractivity contribution is -0.142. The van der Waals surface area contributed by atoms with Crippen LogP contribution < -0.4 is 26.6 Å². The molecule has 1 aliphatic heterocycles. The molecule has 3 aromatic rings. The normalized spacial score (nSPS) is 23.6. The number of nitrogens with zero attached hydrogens (tertiary/aromatic N) is 2. The minimum Gasteiger partial charge on any atom is -0.480 e. The van der Waals surface area contributed by atoms with Gasteiger partial charge in [-0.3, -0.25) is 29.0 Å². The summed E-state index contributed by atoms with van der Waals surface area (Å²) in [4.78, 5) is 90.5. The second-order valence-electron chi connectivity index (χ2n) is 12.2. The van der Waals surface area contributed by atoms with Crippen LogP contribution in [0.25, 0.3) is 10.9 Å². The van der Waals surface area contributed by atoms with Crippen LogP contribution in [0.5, 0.6) is 0 Å². The Morgan fingerprint density at radius 1 is 0.980 bits per heavy atom. The van der Waals surface area contributed by atoms with Crippen LogP contribution in [0.1, 0.15) is 50.2 Å². The van der Waals surface area contributed by atoms with Crippen LogP contribution in [0.15, 0.2) is 47.9 Å². The monoisotopic (exact) mass is 696 g/mol. The second-order valence-corrected chi connectivity index (χ2v) is 13.2. The molecule has 1 aliphatic rings. The van der Waals surface area contributed by atoms with Gasteiger partial charge in [-0.2, -0.15) is 0 Å². The molecule has 0 bridgehead atoms. The quantitative estimate of drug-likeness (QED) is 0.169. The molecule has 262 valence electrons. The van der Waals surface area contributed by atoms with Gasteiger partial charge in [0.15, 0.2) is 0 Å². The van der Waals surface area contributed by atoms with Gasteiger partial charge in [-0.15, -0.1) is 11.8 Å². The number of benzene rings is 1. The maximum absolute atomic E-state index is 14.0. The predicted molar refractivity (Wildman–Crippen MR) is 178 cm³/mol. The van der Waals surface area contributed by atoms with E-state index in [9.17, 15) is 39.0 Å². The first-order chi connectivity index (χ1) is 23.2. The Morgan fingerprint density at radius 3 is 2.37 bits per heavy atom. The third-order valence-electron chi connectivity index (χ3n) is 7.76. The van der Waals surface area contributed by atoms with E-state index in [2.05, 4.69) is 41.5 Å². The highest BCUT2D eigenvalue weighted by Crippen LogP contribution is 2.31. The predicted octanol–water partition coefficient (Wildman–Crippen LogP) is -0.125. The van der Waals surface area contributed by atoms with Gasteiger partial charge in [0.1, 0.15) is 35.9 Å². The van der Waals surface area contributed by atoms with Gasteiger partial charge in [0.25, 0.3) is 5.91 Å². The first-order valence-corrected chi connectivity index (χ1v) is 16.6. The summed E-state index contributed by atoms with van der Waals surface area (Å²) in [7, 11) is 0. The zero-order valence-electron chi connectivity index (χ0n) is 27.4. The van der Waals surface area contributed by atoms with Crippen LogP contribution in [-0.4, -0.2) is 103 Å². The van der Waals surface area contributed by atoms with Crippen molar-refractivity contribution < 1.29 is 39.0 Å². The number of aromatic nitrogens is 3. The summed E-state index contributed by atoms with van der Waals surface area (Å²) in [5.74, 6) is -5.48. The molecule has 3 heterocycles. The summed E-state index contributed by atoms with van der Waals surface area (Å²) in [6, 6.07) is 0.580. The van der Waals surface area contributed by atoms with Gasteiger partial charge in [-0.25, -0.2) is 9.78 Å². The van der Waals surface area contributed by atoms with Gasteiger partial charge in [0.05, 0.1) is 17.3 Å². The maximum Gasteiger partial charge on any atom is 0.327 e. The van der Waals surface area contributed by atoms with E-state index in [1.54, 1.807) is 24.3 Å². The van der Waals surface area contributed by atoms with E-state index in [4.69, 9.17) is 0 Å². The molecular formula is C32H40N8O8S. The first-order valence-electron chi connectivity index (χ1n) is 15.7. The highest BCUT2D eigenvalue weighted by atomic mass is 32.2. The van der Waals surface area contributed by atoms with Crippen LogP contribution in [-0.2, 0) is 30.4 Å². The van der Waals surface area contributed by atoms with Gasteiger partial charge in [-0.1, -0.05) is 32.0 Å². The topological polar surface area (TPSA) is 245 Å². The van der Waals surface area contributed by atoms with E-state index in [1.807, 2.05) is 13.8 Å². The zero-order valence-corrected chi connectivity index (χ0v) is 28.2. The minimum atomic E-state index is -1.54. The van der Waals surface area contributed by atoms with Gasteiger partial charge in [-0.05, 0) is 37.8 Å². The van der Waals surface area contributed by atoms with Crippen molar-refractivity contribution in [1.82, 2.24) is 41.5 Å². The number of nitrogens with one attached hydrogen (secondary N) is 6. The third kappa shape index (κ3) is 9.54. The van der Waals surface area contributed by atoms with E-state index in [-0.39, 0.29) is 30.2 Å². The molecule has 2 aromatic heterocycles. The van der Waals surface area contributed by atoms with E-state index in [0.29, 0.717) is 21.5 Å². The number of aliphatic carboxylic acids is 1. The van der Waals surface area contributed by atoms with E-state index in [0.717, 1.165) is 11.8 Å². The van der Waals surface area contributed by atoms with Gasteiger partial charge < -0.3 is 41.8 Å². The third-order valence-corrected chi connectivity index (χ3v) is 8.90. The standard InChI is InChI=1S/C32H40N8O8S/c1-15(2)11-21-27(43)35-16(3)26(42)40-25(17(4)41)30(46)38-24(32(47)48)14-49-31-19(18-7-5-6-8-20(18)39-31)12-22(28(44)36-21)37-29(45)23-13-33-9-10-34-23/h5-10,13,15-17,21-22,24-25,39,41H,11-12,14H2,1-4H3,(H,35,43)(H,36,44)(H,37,45)(H,38,46)(H,40,42)(H,47,48)/t16-,17-,21+,22+,24+,25+/m1/s1. The number of H-pyrrole nitrogens is 1. The molecule has 5 amide bonds. The van der Waals surface area contributed by atoms with E-state index in [1.165, 1.54) is 32.4 Å². The number of carbonyl (C=O) groups is 6. The molecule has 0 unspecified atom stereocenters. The molecule has 0 fully saturated rings. The fourth-order valence-electron chi connectivity index (χ4n) is 5.20. The molecule has 16 nitrogen and oxygen atoms in total. The summed E-state index contributed by atoms with van der Waals surface area (Å²) in [5.41, 5.74) is 1.20.